The second-order valence-corrected chi connectivity index (χ2v) is 5.34. The first kappa shape index (κ1) is 18.9. The van der Waals surface area contributed by atoms with Crippen molar-refractivity contribution in [2.75, 3.05) is 13.1 Å². The van der Waals surface area contributed by atoms with Gasteiger partial charge in [-0.05, 0) is 30.4 Å². The van der Waals surface area contributed by atoms with Gasteiger partial charge in [0.1, 0.15) is 0 Å². The van der Waals surface area contributed by atoms with Gasteiger partial charge in [0.2, 0.25) is 0 Å². The van der Waals surface area contributed by atoms with Crippen LogP contribution in [0.2, 0.25) is 0 Å². The van der Waals surface area contributed by atoms with E-state index in [1.807, 2.05) is 0 Å². The Morgan fingerprint density at radius 3 is 1.50 bits per heavy atom. The second-order valence-electron chi connectivity index (χ2n) is 5.34. The molecule has 3 heteroatoms. The second kappa shape index (κ2) is 11.4. The molecular weight excluding hydrogens is 320 g/mol. The fourth-order valence-corrected chi connectivity index (χ4v) is 2.43. The minimum absolute atomic E-state index is 0. The zero-order valence-corrected chi connectivity index (χ0v) is 14.1. The maximum atomic E-state index is 3.59. The predicted molar refractivity (Wildman–Crippen MR) is 90.4 cm³/mol. The van der Waals surface area contributed by atoms with Crippen LogP contribution in [0.5, 0.6) is 0 Å². The van der Waals surface area contributed by atoms with Crippen molar-refractivity contribution in [1.29, 1.82) is 0 Å². The largest absolute Gasteiger partial charge is 2.00 e. The van der Waals surface area contributed by atoms with Gasteiger partial charge in [-0.25, -0.2) is 0 Å². The Morgan fingerprint density at radius 2 is 1.14 bits per heavy atom. The molecule has 0 unspecified atom stereocenters. The van der Waals surface area contributed by atoms with Crippen LogP contribution in [0.25, 0.3) is 0 Å². The van der Waals surface area contributed by atoms with Gasteiger partial charge in [0.05, 0.1) is 6.17 Å². The molecule has 0 aliphatic rings. The molecule has 2 aromatic carbocycles. The first-order valence-electron chi connectivity index (χ1n) is 7.93. The monoisotopic (exact) mass is 345 g/mol. The standard InChI is InChI=1S/C19H26N2.Cu/c1-2-19(20-15-13-17-9-5-3-6-10-17)21-16-14-18-11-7-4-8-12-18;/h3-12,19-21H,2,13-16H2,1H3;/q;+2. The molecular formula is C19H26CuN2+2. The zero-order valence-electron chi connectivity index (χ0n) is 13.2. The van der Waals surface area contributed by atoms with E-state index in [1.165, 1.54) is 11.1 Å². The fraction of sp³-hybridized carbons (Fsp3) is 0.368. The number of hydrogen-bond donors (Lipinski definition) is 2. The van der Waals surface area contributed by atoms with Crippen LogP contribution in [-0.4, -0.2) is 19.3 Å². The third kappa shape index (κ3) is 7.24. The minimum atomic E-state index is 0. The van der Waals surface area contributed by atoms with Crippen molar-refractivity contribution < 1.29 is 17.1 Å². The predicted octanol–water partition coefficient (Wildman–Crippen LogP) is 3.38. The van der Waals surface area contributed by atoms with Crippen molar-refractivity contribution in [2.24, 2.45) is 0 Å². The van der Waals surface area contributed by atoms with E-state index < -0.39 is 0 Å². The van der Waals surface area contributed by atoms with Gasteiger partial charge < -0.3 is 10.6 Å². The molecule has 121 valence electrons. The first-order valence-corrected chi connectivity index (χ1v) is 7.93. The third-order valence-electron chi connectivity index (χ3n) is 3.70. The third-order valence-corrected chi connectivity index (χ3v) is 3.70. The van der Waals surface area contributed by atoms with E-state index in [-0.39, 0.29) is 17.1 Å². The molecule has 2 rings (SSSR count). The fourth-order valence-electron chi connectivity index (χ4n) is 2.43. The quantitative estimate of drug-likeness (QED) is 0.537. The van der Waals surface area contributed by atoms with E-state index in [9.17, 15) is 0 Å². The summed E-state index contributed by atoms with van der Waals surface area (Å²) in [4.78, 5) is 0. The van der Waals surface area contributed by atoms with Crippen LogP contribution in [0.3, 0.4) is 0 Å². The molecule has 0 aliphatic heterocycles. The van der Waals surface area contributed by atoms with Crippen LogP contribution in [0.1, 0.15) is 24.5 Å². The van der Waals surface area contributed by atoms with Crippen molar-refractivity contribution in [1.82, 2.24) is 10.6 Å². The topological polar surface area (TPSA) is 24.1 Å². The van der Waals surface area contributed by atoms with Crippen molar-refractivity contribution in [3.05, 3.63) is 71.8 Å². The summed E-state index contributed by atoms with van der Waals surface area (Å²) >= 11 is 0. The maximum Gasteiger partial charge on any atom is 2.00 e. The van der Waals surface area contributed by atoms with Crippen LogP contribution >= 0.6 is 0 Å². The van der Waals surface area contributed by atoms with Crippen molar-refractivity contribution in [3.63, 3.8) is 0 Å². The van der Waals surface area contributed by atoms with Gasteiger partial charge in [0, 0.05) is 13.1 Å². The van der Waals surface area contributed by atoms with E-state index in [4.69, 9.17) is 0 Å². The molecule has 0 spiro atoms. The normalized spacial score (nSPS) is 10.5. The molecule has 0 saturated carbocycles. The Hall–Kier alpha value is -1.12. The van der Waals surface area contributed by atoms with Gasteiger partial charge in [-0.1, -0.05) is 67.6 Å². The molecule has 0 fully saturated rings. The van der Waals surface area contributed by atoms with Gasteiger partial charge >= 0.3 is 17.1 Å². The molecule has 0 heterocycles. The van der Waals surface area contributed by atoms with Gasteiger partial charge in [0.25, 0.3) is 0 Å². The molecule has 2 aromatic rings. The molecule has 0 aliphatic carbocycles. The molecule has 0 amide bonds. The Morgan fingerprint density at radius 1 is 0.727 bits per heavy atom. The SMILES string of the molecule is CCC(NCCc1ccccc1)NCCc1ccccc1.[Cu+2]. The molecule has 0 saturated heterocycles. The summed E-state index contributed by atoms with van der Waals surface area (Å²) in [6.07, 6.45) is 3.66. The summed E-state index contributed by atoms with van der Waals surface area (Å²) in [6, 6.07) is 21.3. The zero-order chi connectivity index (χ0) is 14.8. The average molecular weight is 346 g/mol. The smallest absolute Gasteiger partial charge is 0.302 e. The molecule has 1 radical (unpaired) electrons. The Labute approximate surface area is 145 Å². The van der Waals surface area contributed by atoms with Crippen LogP contribution < -0.4 is 10.6 Å². The van der Waals surface area contributed by atoms with E-state index in [1.54, 1.807) is 0 Å². The number of hydrogen-bond acceptors (Lipinski definition) is 2. The van der Waals surface area contributed by atoms with Gasteiger partial charge in [-0.15, -0.1) is 0 Å². The van der Waals surface area contributed by atoms with Crippen LogP contribution in [0.15, 0.2) is 60.7 Å². The number of nitrogens with one attached hydrogen (secondary N) is 2. The van der Waals surface area contributed by atoms with Crippen molar-refractivity contribution in [3.8, 4) is 0 Å². The molecule has 2 N–H and O–H groups in total. The van der Waals surface area contributed by atoms with E-state index in [0.717, 1.165) is 32.4 Å². The molecule has 0 aromatic heterocycles. The number of rotatable bonds is 9. The number of benzene rings is 2. The van der Waals surface area contributed by atoms with Gasteiger partial charge in [-0.3, -0.25) is 0 Å². The molecule has 0 atom stereocenters. The summed E-state index contributed by atoms with van der Waals surface area (Å²) in [5.74, 6) is 0. The van der Waals surface area contributed by atoms with E-state index in [2.05, 4.69) is 78.2 Å². The Balaban J connectivity index is 0.00000242. The minimum Gasteiger partial charge on any atom is -0.302 e. The average Bonchev–Trinajstić information content (AvgIpc) is 2.55. The summed E-state index contributed by atoms with van der Waals surface area (Å²) in [5, 5.41) is 7.19. The molecule has 2 nitrogen and oxygen atoms in total. The van der Waals surface area contributed by atoms with E-state index in [0.29, 0.717) is 6.17 Å². The summed E-state index contributed by atoms with van der Waals surface area (Å²) in [7, 11) is 0. The van der Waals surface area contributed by atoms with Crippen molar-refractivity contribution >= 4 is 0 Å². The summed E-state index contributed by atoms with van der Waals surface area (Å²) in [5.41, 5.74) is 2.79. The van der Waals surface area contributed by atoms with Crippen molar-refractivity contribution in [2.45, 2.75) is 32.4 Å². The van der Waals surface area contributed by atoms with Crippen LogP contribution in [-0.2, 0) is 29.9 Å². The summed E-state index contributed by atoms with van der Waals surface area (Å²) < 4.78 is 0. The first-order chi connectivity index (χ1) is 10.4. The molecule has 22 heavy (non-hydrogen) atoms. The Kier molecular flexibility index (Phi) is 9.85. The van der Waals surface area contributed by atoms with E-state index >= 15 is 0 Å². The maximum absolute atomic E-state index is 3.59. The van der Waals surface area contributed by atoms with Gasteiger partial charge in [0.15, 0.2) is 0 Å². The molecule has 0 bridgehead atoms. The Bertz CT molecular complexity index is 442. The summed E-state index contributed by atoms with van der Waals surface area (Å²) in [6.45, 7) is 4.25. The van der Waals surface area contributed by atoms with Gasteiger partial charge in [-0.2, -0.15) is 0 Å². The van der Waals surface area contributed by atoms with Crippen LogP contribution in [0, 0.1) is 0 Å². The van der Waals surface area contributed by atoms with Crippen LogP contribution in [0.4, 0.5) is 0 Å².